The predicted octanol–water partition coefficient (Wildman–Crippen LogP) is 0.556. The van der Waals surface area contributed by atoms with Crippen LogP contribution < -0.4 is 9.96 Å². The fourth-order valence-electron chi connectivity index (χ4n) is 2.72. The van der Waals surface area contributed by atoms with Crippen LogP contribution in [-0.2, 0) is 25.8 Å². The predicted molar refractivity (Wildman–Crippen MR) is 96.2 cm³/mol. The van der Waals surface area contributed by atoms with Crippen molar-refractivity contribution in [2.45, 2.75) is 6.61 Å². The van der Waals surface area contributed by atoms with Gasteiger partial charge in [-0.05, 0) is 5.56 Å². The van der Waals surface area contributed by atoms with Crippen molar-refractivity contribution in [2.75, 3.05) is 13.6 Å². The molecule has 0 spiro atoms. The minimum Gasteiger partial charge on any atom is -0.506 e. The van der Waals surface area contributed by atoms with Gasteiger partial charge in [0.05, 0.1) is 0 Å². The van der Waals surface area contributed by atoms with Gasteiger partial charge in [0.25, 0.3) is 11.7 Å². The van der Waals surface area contributed by atoms with Gasteiger partial charge < -0.3 is 15.5 Å². The number of carboxylic acid groups (broad SMARTS) is 1. The number of rotatable bonds is 6. The molecule has 3 rings (SSSR count). The number of aliphatic hydroxyl groups excluding tert-OH is 1. The Hall–Kier alpha value is -3.63. The molecular formula is C18H17N4O6+. The number of nitrogens with one attached hydrogen (secondary N) is 1. The molecule has 144 valence electrons. The number of hydrogen-bond donors (Lipinski definition) is 3. The minimum absolute atomic E-state index is 0.0251. The van der Waals surface area contributed by atoms with Gasteiger partial charge in [-0.3, -0.25) is 9.59 Å². The molecule has 0 radical (unpaired) electrons. The van der Waals surface area contributed by atoms with E-state index >= 15 is 0 Å². The van der Waals surface area contributed by atoms with Gasteiger partial charge in [-0.25, -0.2) is 9.78 Å². The lowest BCUT2D eigenvalue weighted by Gasteiger charge is -2.31. The highest BCUT2D eigenvalue weighted by Crippen LogP contribution is 2.36. The van der Waals surface area contributed by atoms with E-state index in [1.807, 2.05) is 18.2 Å². The number of hydrogen-bond acceptors (Lipinski definition) is 7. The number of benzene rings is 1. The third-order valence-electron chi connectivity index (χ3n) is 4.15. The summed E-state index contributed by atoms with van der Waals surface area (Å²) in [5.41, 5.74) is 0.193. The molecule has 0 fully saturated rings. The van der Waals surface area contributed by atoms with E-state index < -0.39 is 40.3 Å². The molecular weight excluding hydrogens is 368 g/mol. The van der Waals surface area contributed by atoms with E-state index in [0.717, 1.165) is 5.56 Å². The van der Waals surface area contributed by atoms with Gasteiger partial charge in [0.2, 0.25) is 0 Å². The van der Waals surface area contributed by atoms with E-state index in [9.17, 15) is 19.5 Å². The van der Waals surface area contributed by atoms with Gasteiger partial charge in [-0.1, -0.05) is 35.0 Å². The molecule has 2 heterocycles. The molecule has 0 saturated heterocycles. The highest BCUT2D eigenvalue weighted by atomic mass is 16.7. The van der Waals surface area contributed by atoms with E-state index in [4.69, 9.17) is 9.94 Å². The lowest BCUT2D eigenvalue weighted by atomic mass is 10.0. The average molecular weight is 385 g/mol. The Morgan fingerprint density at radius 3 is 2.64 bits per heavy atom. The second-order valence-electron chi connectivity index (χ2n) is 6.05. The molecule has 1 aromatic carbocycles. The average Bonchev–Trinajstić information content (AvgIpc) is 2.70. The van der Waals surface area contributed by atoms with Crippen molar-refractivity contribution < 1.29 is 29.4 Å². The fraction of sp³-hybridized carbons (Fsp3) is 0.167. The quantitative estimate of drug-likeness (QED) is 0.484. The van der Waals surface area contributed by atoms with Gasteiger partial charge in [0.1, 0.15) is 32.1 Å². The summed E-state index contributed by atoms with van der Waals surface area (Å²) in [6, 6.07) is 9.05. The Bertz CT molecular complexity index is 975. The molecule has 0 saturated carbocycles. The third kappa shape index (κ3) is 3.46. The van der Waals surface area contributed by atoms with Crippen LogP contribution in [0.5, 0.6) is 0 Å². The fourth-order valence-corrected chi connectivity index (χ4v) is 2.72. The number of fused-ring (bicyclic) bond motifs is 1. The maximum atomic E-state index is 13.1. The zero-order chi connectivity index (χ0) is 20.3. The zero-order valence-corrected chi connectivity index (χ0v) is 14.8. The van der Waals surface area contributed by atoms with Crippen molar-refractivity contribution >= 4 is 29.4 Å². The topological polar surface area (TPSA) is 139 Å². The van der Waals surface area contributed by atoms with E-state index in [1.165, 1.54) is 19.6 Å². The number of quaternary nitrogens is 1. The first kappa shape index (κ1) is 19.1. The minimum atomic E-state index is -1.29. The van der Waals surface area contributed by atoms with Gasteiger partial charge >= 0.3 is 11.9 Å². The van der Waals surface area contributed by atoms with Crippen molar-refractivity contribution in [3.8, 4) is 0 Å². The number of likely N-dealkylation sites (N-methyl/N-ethyl adjacent to an activating group) is 1. The molecule has 0 bridgehead atoms. The second kappa shape index (κ2) is 7.55. The highest BCUT2D eigenvalue weighted by Gasteiger charge is 2.51. The summed E-state index contributed by atoms with van der Waals surface area (Å²) in [5.74, 6) is -3.79. The van der Waals surface area contributed by atoms with Crippen LogP contribution in [-0.4, -0.2) is 51.6 Å². The summed E-state index contributed by atoms with van der Waals surface area (Å²) in [5, 5.41) is 21.3. The molecule has 2 amide bonds. The maximum Gasteiger partial charge on any atom is 0.393 e. The monoisotopic (exact) mass is 385 g/mol. The number of aliphatic carboxylic acids is 1. The van der Waals surface area contributed by atoms with Crippen LogP contribution in [0.3, 0.4) is 0 Å². The van der Waals surface area contributed by atoms with Crippen molar-refractivity contribution in [1.29, 1.82) is 0 Å². The Morgan fingerprint density at radius 1 is 1.25 bits per heavy atom. The van der Waals surface area contributed by atoms with Gasteiger partial charge in [-0.15, -0.1) is 0 Å². The molecule has 1 aromatic heterocycles. The number of carbonyl (C=O) groups is 3. The van der Waals surface area contributed by atoms with Gasteiger partial charge in [0, 0.05) is 6.20 Å². The Balaban J connectivity index is 2.00. The SMILES string of the molecule is C[N+]1(OCc2ccccc2)C(=O)C(C(=O)NCC(=O)O)=C(O)c2cncnc21. The standard InChI is InChI=1S/C18H16N4O6/c1-22(28-9-11-5-3-2-4-6-11)16-12(7-19-10-21-16)15(25)14(18(22)27)17(26)20-8-13(23)24/h2-7,10H,8-9H2,1H3,(H2-,20,23,24,25,26,27)/p+1. The molecule has 28 heavy (non-hydrogen) atoms. The lowest BCUT2D eigenvalue weighted by molar-refractivity contribution is -0.175. The van der Waals surface area contributed by atoms with Crippen LogP contribution in [0.15, 0.2) is 48.4 Å². The number of aliphatic hydroxyl groups is 1. The molecule has 3 N–H and O–H groups in total. The molecule has 10 nitrogen and oxygen atoms in total. The van der Waals surface area contributed by atoms with Crippen LogP contribution in [0.1, 0.15) is 11.1 Å². The molecule has 1 atom stereocenters. The first-order valence-electron chi connectivity index (χ1n) is 8.18. The normalized spacial score (nSPS) is 18.5. The summed E-state index contributed by atoms with van der Waals surface area (Å²) >= 11 is 0. The van der Waals surface area contributed by atoms with Crippen molar-refractivity contribution in [1.82, 2.24) is 19.9 Å². The van der Waals surface area contributed by atoms with Crippen LogP contribution in [0.4, 0.5) is 5.82 Å². The second-order valence-corrected chi connectivity index (χ2v) is 6.05. The van der Waals surface area contributed by atoms with Gasteiger partial charge in [0.15, 0.2) is 11.3 Å². The van der Waals surface area contributed by atoms with Crippen molar-refractivity contribution in [3.63, 3.8) is 0 Å². The molecule has 2 aromatic rings. The van der Waals surface area contributed by atoms with Crippen LogP contribution in [0, 0.1) is 0 Å². The van der Waals surface area contributed by atoms with Gasteiger partial charge in [-0.2, -0.15) is 9.82 Å². The zero-order valence-electron chi connectivity index (χ0n) is 14.8. The number of carboxylic acids is 1. The Morgan fingerprint density at radius 2 is 1.96 bits per heavy atom. The van der Waals surface area contributed by atoms with E-state index in [1.54, 1.807) is 12.1 Å². The Kier molecular flexibility index (Phi) is 5.16. The summed E-state index contributed by atoms with van der Waals surface area (Å²) in [7, 11) is 1.38. The maximum absolute atomic E-state index is 13.1. The van der Waals surface area contributed by atoms with E-state index in [2.05, 4.69) is 15.3 Å². The smallest absolute Gasteiger partial charge is 0.393 e. The number of amides is 2. The van der Waals surface area contributed by atoms with E-state index in [0.29, 0.717) is 0 Å². The van der Waals surface area contributed by atoms with Crippen LogP contribution in [0.25, 0.3) is 5.76 Å². The first-order chi connectivity index (χ1) is 13.3. The lowest BCUT2D eigenvalue weighted by Crippen LogP contribution is -2.56. The number of hydroxylamine groups is 2. The molecule has 10 heteroatoms. The molecule has 0 aliphatic carbocycles. The highest BCUT2D eigenvalue weighted by molar-refractivity contribution is 6.27. The largest absolute Gasteiger partial charge is 0.506 e. The number of carbonyl (C=O) groups excluding carboxylic acids is 2. The summed E-state index contributed by atoms with van der Waals surface area (Å²) < 4.78 is -0.855. The Labute approximate surface area is 159 Å². The summed E-state index contributed by atoms with van der Waals surface area (Å²) in [6.45, 7) is -0.688. The summed E-state index contributed by atoms with van der Waals surface area (Å²) in [6.07, 6.45) is 2.44. The van der Waals surface area contributed by atoms with Crippen LogP contribution in [0.2, 0.25) is 0 Å². The number of nitrogens with zero attached hydrogens (tertiary/aromatic N) is 3. The van der Waals surface area contributed by atoms with Crippen molar-refractivity contribution in [3.05, 3.63) is 59.6 Å². The molecule has 1 aliphatic rings. The van der Waals surface area contributed by atoms with E-state index in [-0.39, 0.29) is 18.0 Å². The first-order valence-corrected chi connectivity index (χ1v) is 8.18. The molecule has 1 aliphatic heterocycles. The van der Waals surface area contributed by atoms with Crippen LogP contribution >= 0.6 is 0 Å². The summed E-state index contributed by atoms with van der Waals surface area (Å²) in [4.78, 5) is 49.8. The van der Waals surface area contributed by atoms with Crippen molar-refractivity contribution in [2.24, 2.45) is 0 Å². The molecule has 1 unspecified atom stereocenters. The number of aromatic nitrogens is 2. The third-order valence-corrected chi connectivity index (χ3v) is 4.15.